The second-order valence-corrected chi connectivity index (χ2v) is 5.71. The minimum absolute atomic E-state index is 0.0992. The summed E-state index contributed by atoms with van der Waals surface area (Å²) in [5, 5.41) is 9.49. The van der Waals surface area contributed by atoms with Crippen LogP contribution in [-0.2, 0) is 0 Å². The van der Waals surface area contributed by atoms with Crippen LogP contribution in [0.4, 0.5) is 0 Å². The molecule has 1 saturated carbocycles. The third kappa shape index (κ3) is 7.27. The normalized spacial score (nSPS) is 24.4. The van der Waals surface area contributed by atoms with Gasteiger partial charge in [-0.3, -0.25) is 0 Å². The number of hydrogen-bond donors (Lipinski definition) is 1. The van der Waals surface area contributed by atoms with E-state index >= 15 is 0 Å². The van der Waals surface area contributed by atoms with Crippen molar-refractivity contribution in [3.05, 3.63) is 0 Å². The first-order valence-electron chi connectivity index (χ1n) is 7.47. The van der Waals surface area contributed by atoms with Gasteiger partial charge in [0, 0.05) is 0 Å². The third-order valence-corrected chi connectivity index (χ3v) is 3.90. The Kier molecular flexibility index (Phi) is 7.92. The molecule has 1 nitrogen and oxygen atoms in total. The molecule has 0 aliphatic heterocycles. The first kappa shape index (κ1) is 14.0. The summed E-state index contributed by atoms with van der Waals surface area (Å²) in [4.78, 5) is 0. The number of aliphatic hydroxyl groups is 1. The van der Waals surface area contributed by atoms with E-state index in [4.69, 9.17) is 0 Å². The van der Waals surface area contributed by atoms with Gasteiger partial charge in [0.25, 0.3) is 0 Å². The summed E-state index contributed by atoms with van der Waals surface area (Å²) in [7, 11) is 0. The van der Waals surface area contributed by atoms with Crippen LogP contribution in [0.25, 0.3) is 0 Å². The first-order chi connectivity index (χ1) is 7.79. The molecule has 1 aliphatic carbocycles. The highest BCUT2D eigenvalue weighted by molar-refractivity contribution is 4.64. The lowest BCUT2D eigenvalue weighted by atomic mass is 9.89. The minimum atomic E-state index is -0.0992. The monoisotopic (exact) mass is 226 g/mol. The molecular weight excluding hydrogens is 196 g/mol. The molecule has 16 heavy (non-hydrogen) atoms. The van der Waals surface area contributed by atoms with Crippen LogP contribution in [0, 0.1) is 5.92 Å². The van der Waals surface area contributed by atoms with Gasteiger partial charge in [0.05, 0.1) is 6.10 Å². The van der Waals surface area contributed by atoms with Crippen molar-refractivity contribution < 1.29 is 5.11 Å². The van der Waals surface area contributed by atoms with E-state index in [1.54, 1.807) is 0 Å². The zero-order valence-electron chi connectivity index (χ0n) is 11.1. The van der Waals surface area contributed by atoms with E-state index in [2.05, 4.69) is 0 Å². The van der Waals surface area contributed by atoms with E-state index in [0.29, 0.717) is 0 Å². The van der Waals surface area contributed by atoms with Crippen LogP contribution in [-0.4, -0.2) is 11.2 Å². The standard InChI is InChI=1S/C15H30O/c1-14(16)13-15-11-9-7-5-3-2-4-6-8-10-12-15/h14-16H,2-13H2,1H3/t14-/m1/s1. The molecule has 0 bridgehead atoms. The molecule has 0 aromatic carbocycles. The topological polar surface area (TPSA) is 20.2 Å². The smallest absolute Gasteiger partial charge is 0.0514 e. The van der Waals surface area contributed by atoms with Gasteiger partial charge < -0.3 is 5.11 Å². The van der Waals surface area contributed by atoms with Crippen LogP contribution in [0.3, 0.4) is 0 Å². The van der Waals surface area contributed by atoms with Gasteiger partial charge in [-0.25, -0.2) is 0 Å². The molecule has 0 radical (unpaired) electrons. The highest BCUT2D eigenvalue weighted by Crippen LogP contribution is 2.24. The molecule has 0 aromatic rings. The van der Waals surface area contributed by atoms with Gasteiger partial charge in [0.1, 0.15) is 0 Å². The summed E-state index contributed by atoms with van der Waals surface area (Å²) < 4.78 is 0. The number of rotatable bonds is 2. The molecule has 0 amide bonds. The Balaban J connectivity index is 2.24. The predicted octanol–water partition coefficient (Wildman–Crippen LogP) is 4.68. The molecule has 1 aliphatic rings. The molecule has 1 fully saturated rings. The fraction of sp³-hybridized carbons (Fsp3) is 1.00. The molecule has 0 unspecified atom stereocenters. The Hall–Kier alpha value is -0.0400. The van der Waals surface area contributed by atoms with Crippen LogP contribution in [0.15, 0.2) is 0 Å². The van der Waals surface area contributed by atoms with Crippen molar-refractivity contribution >= 4 is 0 Å². The summed E-state index contributed by atoms with van der Waals surface area (Å²) in [5.74, 6) is 0.791. The quantitative estimate of drug-likeness (QED) is 0.725. The van der Waals surface area contributed by atoms with Gasteiger partial charge in [0.15, 0.2) is 0 Å². The second kappa shape index (κ2) is 9.04. The zero-order valence-corrected chi connectivity index (χ0v) is 11.1. The average Bonchev–Trinajstić information content (AvgIpc) is 2.21. The maximum atomic E-state index is 9.49. The lowest BCUT2D eigenvalue weighted by molar-refractivity contribution is 0.152. The van der Waals surface area contributed by atoms with Gasteiger partial charge in [-0.05, 0) is 19.3 Å². The Bertz CT molecular complexity index is 142. The number of aliphatic hydroxyl groups excluding tert-OH is 1. The Labute approximate surface area is 102 Å². The van der Waals surface area contributed by atoms with E-state index < -0.39 is 0 Å². The first-order valence-corrected chi connectivity index (χ1v) is 7.47. The molecule has 96 valence electrons. The molecule has 1 heteroatoms. The average molecular weight is 226 g/mol. The van der Waals surface area contributed by atoms with E-state index in [1.165, 1.54) is 70.6 Å². The van der Waals surface area contributed by atoms with Crippen LogP contribution in [0.1, 0.15) is 84.0 Å². The van der Waals surface area contributed by atoms with Crippen LogP contribution in [0.2, 0.25) is 0 Å². The van der Waals surface area contributed by atoms with E-state index in [9.17, 15) is 5.11 Å². The van der Waals surface area contributed by atoms with Gasteiger partial charge in [-0.2, -0.15) is 0 Å². The van der Waals surface area contributed by atoms with Crippen molar-refractivity contribution in [2.24, 2.45) is 5.92 Å². The maximum Gasteiger partial charge on any atom is 0.0514 e. The Morgan fingerprint density at radius 3 is 1.56 bits per heavy atom. The molecule has 1 atom stereocenters. The van der Waals surface area contributed by atoms with Crippen molar-refractivity contribution in [3.8, 4) is 0 Å². The fourth-order valence-electron chi connectivity index (χ4n) is 2.97. The molecule has 0 aromatic heterocycles. The molecular formula is C15H30O. The van der Waals surface area contributed by atoms with Gasteiger partial charge in [0.2, 0.25) is 0 Å². The largest absolute Gasteiger partial charge is 0.393 e. The molecule has 1 rings (SSSR count). The highest BCUT2D eigenvalue weighted by atomic mass is 16.3. The maximum absolute atomic E-state index is 9.49. The van der Waals surface area contributed by atoms with E-state index in [0.717, 1.165) is 12.3 Å². The lowest BCUT2D eigenvalue weighted by Gasteiger charge is -2.19. The molecule has 0 spiro atoms. The van der Waals surface area contributed by atoms with Crippen LogP contribution in [0.5, 0.6) is 0 Å². The van der Waals surface area contributed by atoms with Crippen molar-refractivity contribution in [1.82, 2.24) is 0 Å². The van der Waals surface area contributed by atoms with Crippen molar-refractivity contribution in [2.75, 3.05) is 0 Å². The molecule has 1 N–H and O–H groups in total. The van der Waals surface area contributed by atoms with Crippen LogP contribution < -0.4 is 0 Å². The Morgan fingerprint density at radius 2 is 1.19 bits per heavy atom. The van der Waals surface area contributed by atoms with Crippen molar-refractivity contribution in [1.29, 1.82) is 0 Å². The second-order valence-electron chi connectivity index (χ2n) is 5.71. The fourth-order valence-corrected chi connectivity index (χ4v) is 2.97. The van der Waals surface area contributed by atoms with E-state index in [-0.39, 0.29) is 6.10 Å². The molecule has 0 saturated heterocycles. The van der Waals surface area contributed by atoms with Crippen molar-refractivity contribution in [2.45, 2.75) is 90.1 Å². The van der Waals surface area contributed by atoms with Gasteiger partial charge >= 0.3 is 0 Å². The lowest BCUT2D eigenvalue weighted by Crippen LogP contribution is -2.10. The molecule has 0 heterocycles. The Morgan fingerprint density at radius 1 is 0.812 bits per heavy atom. The summed E-state index contributed by atoms with van der Waals surface area (Å²) in [6, 6.07) is 0. The summed E-state index contributed by atoms with van der Waals surface area (Å²) in [6.45, 7) is 1.94. The zero-order chi connectivity index (χ0) is 11.6. The number of hydrogen-bond acceptors (Lipinski definition) is 1. The van der Waals surface area contributed by atoms with Crippen LogP contribution >= 0.6 is 0 Å². The van der Waals surface area contributed by atoms with Crippen molar-refractivity contribution in [3.63, 3.8) is 0 Å². The summed E-state index contributed by atoms with van der Waals surface area (Å²) in [5.41, 5.74) is 0. The SMILES string of the molecule is C[C@@H](O)CC1CCCCCCCCCCC1. The summed E-state index contributed by atoms with van der Waals surface area (Å²) in [6.07, 6.45) is 16.4. The third-order valence-electron chi connectivity index (χ3n) is 3.90. The highest BCUT2D eigenvalue weighted by Gasteiger charge is 2.11. The predicted molar refractivity (Wildman–Crippen MR) is 70.6 cm³/mol. The summed E-state index contributed by atoms with van der Waals surface area (Å²) >= 11 is 0. The minimum Gasteiger partial charge on any atom is -0.393 e. The van der Waals surface area contributed by atoms with Gasteiger partial charge in [-0.15, -0.1) is 0 Å². The van der Waals surface area contributed by atoms with E-state index in [1.807, 2.05) is 6.92 Å². The van der Waals surface area contributed by atoms with Gasteiger partial charge in [-0.1, -0.05) is 70.6 Å².